The highest BCUT2D eigenvalue weighted by molar-refractivity contribution is 5.90. The van der Waals surface area contributed by atoms with E-state index in [-0.39, 0.29) is 29.8 Å². The van der Waals surface area contributed by atoms with Crippen LogP contribution in [0.15, 0.2) is 46.9 Å². The van der Waals surface area contributed by atoms with Crippen LogP contribution in [0.3, 0.4) is 0 Å². The molecule has 0 fully saturated rings. The van der Waals surface area contributed by atoms with Crippen LogP contribution >= 0.6 is 0 Å². The van der Waals surface area contributed by atoms with Crippen LogP contribution in [0.5, 0.6) is 5.75 Å². The summed E-state index contributed by atoms with van der Waals surface area (Å²) < 4.78 is 12.9. The van der Waals surface area contributed by atoms with Gasteiger partial charge in [0.1, 0.15) is 35.0 Å². The summed E-state index contributed by atoms with van der Waals surface area (Å²) in [5.41, 5.74) is 2.39. The SMILES string of the molecule is CC(C)[C@H](O)C(=O)N[C@H]1Cc2ccc3c(c2)C2(c4ccccc4N[C@H]2O3)c2oc(nc2C=O)[C@H](C(C)C)NC1=O. The first-order valence-corrected chi connectivity index (χ1v) is 13.6. The molecule has 4 bridgehead atoms. The lowest BCUT2D eigenvalue weighted by Gasteiger charge is -2.29. The first kappa shape index (κ1) is 26.1. The summed E-state index contributed by atoms with van der Waals surface area (Å²) >= 11 is 0. The number of rotatable bonds is 5. The number of aldehydes is 1. The third-order valence-corrected chi connectivity index (χ3v) is 8.09. The number of carbonyl (C=O) groups is 3. The molecule has 0 saturated carbocycles. The summed E-state index contributed by atoms with van der Waals surface area (Å²) in [6.07, 6.45) is -1.02. The van der Waals surface area contributed by atoms with Crippen molar-refractivity contribution in [3.8, 4) is 5.75 Å². The number of para-hydroxylation sites is 1. The molecule has 1 aromatic heterocycles. The lowest BCUT2D eigenvalue weighted by molar-refractivity contribution is -0.135. The van der Waals surface area contributed by atoms with Gasteiger partial charge >= 0.3 is 0 Å². The minimum absolute atomic E-state index is 0.129. The van der Waals surface area contributed by atoms with Crippen LogP contribution in [0.1, 0.15) is 72.6 Å². The number of hydrogen-bond acceptors (Lipinski definition) is 8. The Morgan fingerprint density at radius 2 is 1.93 bits per heavy atom. The van der Waals surface area contributed by atoms with E-state index in [0.29, 0.717) is 17.8 Å². The number of aliphatic hydroxyl groups is 1. The third-order valence-electron chi connectivity index (χ3n) is 8.09. The second kappa shape index (κ2) is 9.48. The van der Waals surface area contributed by atoms with Crippen LogP contribution in [0, 0.1) is 11.8 Å². The average Bonchev–Trinajstić information content (AvgIpc) is 3.58. The fraction of sp³-hybridized carbons (Fsp3) is 0.400. The highest BCUT2D eigenvalue weighted by Crippen LogP contribution is 2.58. The van der Waals surface area contributed by atoms with Gasteiger partial charge in [0.05, 0.1) is 0 Å². The normalized spacial score (nSPS) is 25.1. The molecule has 1 spiro atoms. The Labute approximate surface area is 231 Å². The Kier molecular flexibility index (Phi) is 6.18. The zero-order chi connectivity index (χ0) is 28.3. The molecule has 10 heteroatoms. The summed E-state index contributed by atoms with van der Waals surface area (Å²) in [4.78, 5) is 43.5. The number of oxazole rings is 1. The van der Waals surface area contributed by atoms with Crippen molar-refractivity contribution in [2.75, 3.05) is 5.32 Å². The van der Waals surface area contributed by atoms with Gasteiger partial charge in [-0.1, -0.05) is 58.0 Å². The number of carbonyl (C=O) groups excluding carboxylic acids is 3. The molecule has 0 radical (unpaired) electrons. The number of amides is 2. The smallest absolute Gasteiger partial charge is 0.249 e. The fourth-order valence-corrected chi connectivity index (χ4v) is 5.97. The number of aliphatic hydroxyl groups excluding tert-OH is 1. The predicted octanol–water partition coefficient (Wildman–Crippen LogP) is 2.84. The van der Waals surface area contributed by atoms with Gasteiger partial charge in [0.15, 0.2) is 18.3 Å². The Bertz CT molecular complexity index is 1510. The van der Waals surface area contributed by atoms with Crippen molar-refractivity contribution in [1.29, 1.82) is 0 Å². The summed E-state index contributed by atoms with van der Waals surface area (Å²) in [6.45, 7) is 7.28. The summed E-state index contributed by atoms with van der Waals surface area (Å²) in [5, 5.41) is 19.5. The van der Waals surface area contributed by atoms with Crippen LogP contribution in [-0.2, 0) is 21.4 Å². The van der Waals surface area contributed by atoms with Gasteiger partial charge in [-0.2, -0.15) is 0 Å². The fourth-order valence-electron chi connectivity index (χ4n) is 5.97. The van der Waals surface area contributed by atoms with Crippen LogP contribution in [-0.4, -0.2) is 46.6 Å². The van der Waals surface area contributed by atoms with E-state index < -0.39 is 41.6 Å². The Morgan fingerprint density at radius 1 is 1.15 bits per heavy atom. The summed E-state index contributed by atoms with van der Waals surface area (Å²) in [5.74, 6) is -0.409. The van der Waals surface area contributed by atoms with Crippen LogP contribution in [0.4, 0.5) is 5.69 Å². The number of anilines is 1. The lowest BCUT2D eigenvalue weighted by Crippen LogP contribution is -2.52. The molecule has 2 aromatic carbocycles. The zero-order valence-corrected chi connectivity index (χ0v) is 22.7. The quantitative estimate of drug-likeness (QED) is 0.359. The lowest BCUT2D eigenvalue weighted by atomic mass is 9.72. The van der Waals surface area contributed by atoms with Crippen molar-refractivity contribution < 1.29 is 28.6 Å². The van der Waals surface area contributed by atoms with E-state index in [2.05, 4.69) is 20.9 Å². The van der Waals surface area contributed by atoms with E-state index in [1.807, 2.05) is 56.3 Å². The molecular formula is C30H32N4O6. The highest BCUT2D eigenvalue weighted by Gasteiger charge is 2.60. The maximum atomic E-state index is 13.6. The van der Waals surface area contributed by atoms with Crippen molar-refractivity contribution in [3.05, 3.63) is 76.5 Å². The highest BCUT2D eigenvalue weighted by atomic mass is 16.5. The molecule has 208 valence electrons. The zero-order valence-electron chi connectivity index (χ0n) is 22.7. The molecule has 2 amide bonds. The minimum atomic E-state index is -1.27. The second-order valence-corrected chi connectivity index (χ2v) is 11.4. The summed E-state index contributed by atoms with van der Waals surface area (Å²) in [7, 11) is 0. The molecule has 0 saturated heterocycles. The average molecular weight is 545 g/mol. The molecule has 10 nitrogen and oxygen atoms in total. The number of aromatic nitrogens is 1. The Hall–Kier alpha value is -4.18. The maximum absolute atomic E-state index is 13.6. The first-order valence-electron chi connectivity index (χ1n) is 13.6. The van der Waals surface area contributed by atoms with Crippen molar-refractivity contribution in [2.45, 2.75) is 63.9 Å². The molecule has 40 heavy (non-hydrogen) atoms. The van der Waals surface area contributed by atoms with E-state index >= 15 is 0 Å². The van der Waals surface area contributed by atoms with Crippen LogP contribution in [0.2, 0.25) is 0 Å². The summed E-state index contributed by atoms with van der Waals surface area (Å²) in [6, 6.07) is 11.7. The number of benzene rings is 2. The van der Waals surface area contributed by atoms with Crippen molar-refractivity contribution in [2.24, 2.45) is 11.8 Å². The number of hydrogen-bond donors (Lipinski definition) is 4. The van der Waals surface area contributed by atoms with Gasteiger partial charge in [-0.05, 0) is 35.1 Å². The molecule has 0 aliphatic carbocycles. The number of nitrogens with one attached hydrogen (secondary N) is 3. The Morgan fingerprint density at radius 3 is 2.65 bits per heavy atom. The van der Waals surface area contributed by atoms with Gasteiger partial charge in [0.25, 0.3) is 0 Å². The van der Waals surface area contributed by atoms with Crippen LogP contribution in [0.25, 0.3) is 0 Å². The monoisotopic (exact) mass is 544 g/mol. The number of nitrogens with zero attached hydrogens (tertiary/aromatic N) is 1. The minimum Gasteiger partial charge on any atom is -0.469 e. The standard InChI is InChI=1S/C30H32N4O6/c1-14(2)23-28-32-21(13-35)25(40-28)30-17-7-5-6-8-19(17)33-29(30)39-22-10-9-16(11-18(22)30)12-20(26(37)34-23)31-27(38)24(36)15(3)4/h5-11,13-15,20,23-24,29,33,36H,12H2,1-4H3,(H,31,38)(H,34,37)/t20-,23-,24-,29-,30?/m0/s1. The number of ether oxygens (including phenoxy) is 1. The van der Waals surface area contributed by atoms with Gasteiger partial charge in [-0.3, -0.25) is 14.4 Å². The molecular weight excluding hydrogens is 512 g/mol. The molecule has 3 aliphatic rings. The third kappa shape index (κ3) is 3.81. The van der Waals surface area contributed by atoms with E-state index in [1.165, 1.54) is 0 Å². The maximum Gasteiger partial charge on any atom is 0.249 e. The molecule has 6 rings (SSSR count). The van der Waals surface area contributed by atoms with E-state index in [1.54, 1.807) is 13.8 Å². The molecule has 4 N–H and O–H groups in total. The number of fused-ring (bicyclic) bond motifs is 4. The second-order valence-electron chi connectivity index (χ2n) is 11.4. The molecule has 4 heterocycles. The van der Waals surface area contributed by atoms with E-state index in [4.69, 9.17) is 9.15 Å². The van der Waals surface area contributed by atoms with Crippen molar-refractivity contribution in [3.63, 3.8) is 0 Å². The topological polar surface area (TPSA) is 143 Å². The van der Waals surface area contributed by atoms with Gasteiger partial charge in [-0.15, -0.1) is 0 Å². The predicted molar refractivity (Wildman–Crippen MR) is 145 cm³/mol. The van der Waals surface area contributed by atoms with Gasteiger partial charge in [0.2, 0.25) is 17.7 Å². The molecule has 1 unspecified atom stereocenters. The van der Waals surface area contributed by atoms with E-state index in [0.717, 1.165) is 22.4 Å². The van der Waals surface area contributed by atoms with Crippen molar-refractivity contribution >= 4 is 23.8 Å². The molecule has 5 atom stereocenters. The molecule has 3 aliphatic heterocycles. The van der Waals surface area contributed by atoms with E-state index in [9.17, 15) is 19.5 Å². The first-order chi connectivity index (χ1) is 19.1. The molecule has 3 aromatic rings. The van der Waals surface area contributed by atoms with Crippen LogP contribution < -0.4 is 20.7 Å². The van der Waals surface area contributed by atoms with Gasteiger partial charge in [0, 0.05) is 17.7 Å². The largest absolute Gasteiger partial charge is 0.469 e. The van der Waals surface area contributed by atoms with Gasteiger partial charge in [-0.25, -0.2) is 4.98 Å². The Balaban J connectivity index is 1.57. The van der Waals surface area contributed by atoms with Crippen molar-refractivity contribution in [1.82, 2.24) is 15.6 Å². The van der Waals surface area contributed by atoms with Gasteiger partial charge < -0.3 is 30.2 Å².